The van der Waals surface area contributed by atoms with Crippen LogP contribution in [0.4, 0.5) is 0 Å². The largest absolute Gasteiger partial charge is 0.481 e. The number of ketones is 1. The van der Waals surface area contributed by atoms with Crippen LogP contribution in [0.2, 0.25) is 0 Å². The van der Waals surface area contributed by atoms with E-state index in [1.807, 2.05) is 30.3 Å². The van der Waals surface area contributed by atoms with E-state index in [-0.39, 0.29) is 24.3 Å². The Kier molecular flexibility index (Phi) is 3.72. The van der Waals surface area contributed by atoms with E-state index in [2.05, 4.69) is 20.9 Å². The Morgan fingerprint density at radius 2 is 1.94 bits per heavy atom. The summed E-state index contributed by atoms with van der Waals surface area (Å²) in [6.07, 6.45) is -0.223. The van der Waals surface area contributed by atoms with Crippen LogP contribution < -0.4 is 0 Å². The molecule has 1 N–H and O–H groups in total. The van der Waals surface area contributed by atoms with Crippen LogP contribution in [0.25, 0.3) is 10.9 Å². The molecule has 0 bridgehead atoms. The zero-order valence-electron chi connectivity index (χ0n) is 9.39. The second-order valence-corrected chi connectivity index (χ2v) is 4.68. The Morgan fingerprint density at radius 1 is 1.22 bits per heavy atom. The standard InChI is InChI=1S/C13H10BrNO3/c14-9-7-8-3-1-2-4-10(8)15-13(9)11(16)5-6-12(17)18/h1-4,7H,5-6H2,(H,17,18). The number of hydrogen-bond acceptors (Lipinski definition) is 3. The fourth-order valence-electron chi connectivity index (χ4n) is 1.62. The SMILES string of the molecule is O=C(O)CCC(=O)c1nc2ccccc2cc1Br. The molecule has 1 heterocycles. The molecule has 0 saturated carbocycles. The molecular formula is C13H10BrNO3. The number of rotatable bonds is 4. The molecule has 2 rings (SSSR count). The van der Waals surface area contributed by atoms with Gasteiger partial charge in [-0.15, -0.1) is 0 Å². The van der Waals surface area contributed by atoms with Crippen molar-refractivity contribution in [1.82, 2.24) is 4.98 Å². The summed E-state index contributed by atoms with van der Waals surface area (Å²) < 4.78 is 0.594. The second-order valence-electron chi connectivity index (χ2n) is 3.83. The lowest BCUT2D eigenvalue weighted by Crippen LogP contribution is -2.06. The van der Waals surface area contributed by atoms with Gasteiger partial charge in [-0.25, -0.2) is 4.98 Å². The van der Waals surface area contributed by atoms with Gasteiger partial charge < -0.3 is 5.11 Å². The van der Waals surface area contributed by atoms with Crippen molar-refractivity contribution in [3.05, 3.63) is 40.5 Å². The van der Waals surface area contributed by atoms with Gasteiger partial charge in [0.05, 0.1) is 11.9 Å². The molecule has 0 spiro atoms. The van der Waals surface area contributed by atoms with Gasteiger partial charge in [-0.2, -0.15) is 0 Å². The van der Waals surface area contributed by atoms with Crippen molar-refractivity contribution >= 4 is 38.6 Å². The van der Waals surface area contributed by atoms with Crippen molar-refractivity contribution < 1.29 is 14.7 Å². The number of carboxylic acids is 1. The van der Waals surface area contributed by atoms with Crippen molar-refractivity contribution in [3.8, 4) is 0 Å². The first-order valence-electron chi connectivity index (χ1n) is 5.38. The van der Waals surface area contributed by atoms with Gasteiger partial charge in [-0.3, -0.25) is 9.59 Å². The molecule has 1 aromatic carbocycles. The summed E-state index contributed by atoms with van der Waals surface area (Å²) in [5.41, 5.74) is 1.01. The zero-order valence-corrected chi connectivity index (χ0v) is 11.0. The lowest BCUT2D eigenvalue weighted by Gasteiger charge is -2.04. The highest BCUT2D eigenvalue weighted by Gasteiger charge is 2.14. The minimum Gasteiger partial charge on any atom is -0.481 e. The Bertz CT molecular complexity index is 625. The van der Waals surface area contributed by atoms with Gasteiger partial charge in [-0.05, 0) is 28.1 Å². The van der Waals surface area contributed by atoms with E-state index >= 15 is 0 Å². The van der Waals surface area contributed by atoms with Gasteiger partial charge >= 0.3 is 5.97 Å². The summed E-state index contributed by atoms with van der Waals surface area (Å²) in [5, 5.41) is 9.50. The summed E-state index contributed by atoms with van der Waals surface area (Å²) in [6, 6.07) is 9.27. The molecule has 5 heteroatoms. The van der Waals surface area contributed by atoms with E-state index in [0.29, 0.717) is 4.47 Å². The normalized spacial score (nSPS) is 10.5. The molecule has 0 aliphatic carbocycles. The predicted octanol–water partition coefficient (Wildman–Crippen LogP) is 3.04. The summed E-state index contributed by atoms with van der Waals surface area (Å²) in [5.74, 6) is -1.25. The minimum atomic E-state index is -0.986. The fraction of sp³-hybridized carbons (Fsp3) is 0.154. The highest BCUT2D eigenvalue weighted by Crippen LogP contribution is 2.22. The van der Waals surface area contributed by atoms with Crippen LogP contribution in [-0.4, -0.2) is 21.8 Å². The topological polar surface area (TPSA) is 67.3 Å². The van der Waals surface area contributed by atoms with Crippen molar-refractivity contribution in [2.45, 2.75) is 12.8 Å². The van der Waals surface area contributed by atoms with Gasteiger partial charge in [0.1, 0.15) is 5.69 Å². The number of benzene rings is 1. The average Bonchev–Trinajstić information content (AvgIpc) is 2.35. The molecule has 0 aliphatic heterocycles. The number of aromatic nitrogens is 1. The third kappa shape index (κ3) is 2.73. The van der Waals surface area contributed by atoms with Crippen LogP contribution in [0.15, 0.2) is 34.8 Å². The molecule has 0 radical (unpaired) electrons. The number of para-hydroxylation sites is 1. The van der Waals surface area contributed by atoms with Crippen LogP contribution in [-0.2, 0) is 4.79 Å². The lowest BCUT2D eigenvalue weighted by atomic mass is 10.1. The van der Waals surface area contributed by atoms with E-state index in [1.54, 1.807) is 0 Å². The van der Waals surface area contributed by atoms with Crippen molar-refractivity contribution in [2.75, 3.05) is 0 Å². The highest BCUT2D eigenvalue weighted by atomic mass is 79.9. The van der Waals surface area contributed by atoms with Gasteiger partial charge in [0, 0.05) is 16.3 Å². The molecule has 0 amide bonds. The number of Topliss-reactive ketones (excluding diaryl/α,β-unsaturated/α-hetero) is 1. The number of carbonyl (C=O) groups excluding carboxylic acids is 1. The Labute approximate surface area is 112 Å². The van der Waals surface area contributed by atoms with E-state index in [0.717, 1.165) is 10.9 Å². The molecule has 92 valence electrons. The minimum absolute atomic E-state index is 0.0424. The maximum absolute atomic E-state index is 11.9. The molecule has 0 atom stereocenters. The first-order chi connectivity index (χ1) is 8.58. The summed E-state index contributed by atoms with van der Waals surface area (Å²) in [4.78, 5) is 26.6. The highest BCUT2D eigenvalue weighted by molar-refractivity contribution is 9.10. The van der Waals surface area contributed by atoms with Gasteiger partial charge in [0.25, 0.3) is 0 Å². The third-order valence-electron chi connectivity index (χ3n) is 2.51. The maximum Gasteiger partial charge on any atom is 0.303 e. The Morgan fingerprint density at radius 3 is 2.67 bits per heavy atom. The number of nitrogens with zero attached hydrogens (tertiary/aromatic N) is 1. The zero-order chi connectivity index (χ0) is 13.1. The van der Waals surface area contributed by atoms with Gasteiger partial charge in [0.2, 0.25) is 0 Å². The van der Waals surface area contributed by atoms with E-state index in [9.17, 15) is 9.59 Å². The molecule has 0 aliphatic rings. The maximum atomic E-state index is 11.9. The number of aliphatic carboxylic acids is 1. The predicted molar refractivity (Wildman–Crippen MR) is 70.6 cm³/mol. The molecule has 2 aromatic rings. The molecular weight excluding hydrogens is 298 g/mol. The van der Waals surface area contributed by atoms with E-state index in [1.165, 1.54) is 0 Å². The quantitative estimate of drug-likeness (QED) is 0.882. The van der Waals surface area contributed by atoms with Crippen LogP contribution in [0.5, 0.6) is 0 Å². The van der Waals surface area contributed by atoms with Crippen molar-refractivity contribution in [2.24, 2.45) is 0 Å². The van der Waals surface area contributed by atoms with Crippen molar-refractivity contribution in [3.63, 3.8) is 0 Å². The average molecular weight is 308 g/mol. The smallest absolute Gasteiger partial charge is 0.303 e. The molecule has 4 nitrogen and oxygen atoms in total. The summed E-state index contributed by atoms with van der Waals surface area (Å²) in [6.45, 7) is 0. The summed E-state index contributed by atoms with van der Waals surface area (Å²) in [7, 11) is 0. The first-order valence-corrected chi connectivity index (χ1v) is 6.17. The van der Waals surface area contributed by atoms with Gasteiger partial charge in [0.15, 0.2) is 5.78 Å². The number of carbonyl (C=O) groups is 2. The molecule has 18 heavy (non-hydrogen) atoms. The van der Waals surface area contributed by atoms with Gasteiger partial charge in [-0.1, -0.05) is 18.2 Å². The monoisotopic (exact) mass is 307 g/mol. The number of carboxylic acid groups (broad SMARTS) is 1. The van der Waals surface area contributed by atoms with E-state index in [4.69, 9.17) is 5.11 Å². The van der Waals surface area contributed by atoms with Crippen LogP contribution >= 0.6 is 15.9 Å². The second kappa shape index (κ2) is 5.27. The lowest BCUT2D eigenvalue weighted by molar-refractivity contribution is -0.136. The fourth-order valence-corrected chi connectivity index (χ4v) is 2.18. The van der Waals surface area contributed by atoms with Crippen LogP contribution in [0, 0.1) is 0 Å². The number of fused-ring (bicyclic) bond motifs is 1. The summed E-state index contributed by atoms with van der Waals surface area (Å²) >= 11 is 3.29. The van der Waals surface area contributed by atoms with Crippen molar-refractivity contribution in [1.29, 1.82) is 0 Å². The number of halogens is 1. The number of hydrogen-bond donors (Lipinski definition) is 1. The van der Waals surface area contributed by atoms with E-state index < -0.39 is 5.97 Å². The Balaban J connectivity index is 2.35. The Hall–Kier alpha value is -1.75. The molecule has 1 aromatic heterocycles. The first kappa shape index (κ1) is 12.7. The third-order valence-corrected chi connectivity index (χ3v) is 3.11. The molecule has 0 unspecified atom stereocenters. The van der Waals surface area contributed by atoms with Crippen LogP contribution in [0.3, 0.4) is 0 Å². The number of pyridine rings is 1. The molecule has 0 saturated heterocycles. The van der Waals surface area contributed by atoms with Crippen LogP contribution in [0.1, 0.15) is 23.3 Å². The molecule has 0 fully saturated rings.